The van der Waals surface area contributed by atoms with Crippen LogP contribution in [0.15, 0.2) is 79.1 Å². The highest BCUT2D eigenvalue weighted by molar-refractivity contribution is 5.95. The van der Waals surface area contributed by atoms with Gasteiger partial charge in [-0.05, 0) is 80.4 Å². The molecule has 8 nitrogen and oxygen atoms in total. The van der Waals surface area contributed by atoms with Crippen molar-refractivity contribution in [2.45, 2.75) is 26.4 Å². The third kappa shape index (κ3) is 4.65. The van der Waals surface area contributed by atoms with E-state index in [1.165, 1.54) is 12.1 Å². The summed E-state index contributed by atoms with van der Waals surface area (Å²) in [4.78, 5) is 16.0. The second-order valence-corrected chi connectivity index (χ2v) is 10.3. The van der Waals surface area contributed by atoms with Gasteiger partial charge in [-0.15, -0.1) is 0 Å². The number of aryl methyl sites for hydroxylation is 2. The second-order valence-electron chi connectivity index (χ2n) is 10.3. The minimum atomic E-state index is -0.0527. The van der Waals surface area contributed by atoms with Crippen LogP contribution in [-0.4, -0.2) is 28.0 Å². The lowest BCUT2D eigenvalue weighted by molar-refractivity contribution is 0.618. The largest absolute Gasteiger partial charge is 0.371 e. The molecule has 5 aromatic rings. The maximum atomic E-state index is 4.75. The number of anilines is 7. The van der Waals surface area contributed by atoms with Crippen LogP contribution in [-0.2, 0) is 0 Å². The van der Waals surface area contributed by atoms with E-state index in [-0.39, 0.29) is 6.17 Å². The zero-order valence-corrected chi connectivity index (χ0v) is 22.0. The zero-order chi connectivity index (χ0) is 26.3. The highest BCUT2D eigenvalue weighted by Crippen LogP contribution is 2.37. The van der Waals surface area contributed by atoms with Gasteiger partial charge in [0.1, 0.15) is 6.17 Å². The van der Waals surface area contributed by atoms with Gasteiger partial charge in [0.25, 0.3) is 0 Å². The molecule has 8 heteroatoms. The molecule has 3 aromatic heterocycles. The summed E-state index contributed by atoms with van der Waals surface area (Å²) in [6.45, 7) is 6.27. The number of nitrogens with one attached hydrogen (secondary N) is 4. The topological polar surface area (TPSA) is 90.0 Å². The number of fused-ring (bicyclic) bond motifs is 2. The number of aromatic nitrogens is 3. The molecule has 5 heterocycles. The van der Waals surface area contributed by atoms with Crippen molar-refractivity contribution in [3.8, 4) is 0 Å². The SMILES string of the molecule is Cc1cc(Nc2cnc3c(c2)NC(c2ccc(Nc4cc(C)nc5ccc(N6CCC6)cc45)cc2)N3)ccn1. The van der Waals surface area contributed by atoms with Gasteiger partial charge in [0, 0.05) is 58.8 Å². The molecule has 2 aliphatic rings. The Kier molecular flexibility index (Phi) is 5.65. The number of rotatable bonds is 6. The summed E-state index contributed by atoms with van der Waals surface area (Å²) < 4.78 is 0. The third-order valence-electron chi connectivity index (χ3n) is 7.32. The smallest absolute Gasteiger partial charge is 0.151 e. The standard InChI is InChI=1S/C31H30N8/c1-19-14-23(10-11-32-19)35-24-16-29-31(33-18-24)38-30(37-29)21-4-6-22(7-5-21)36-28-15-20(2)34-27-9-8-25(17-26(27)28)39-12-3-13-39/h4-11,14-18,30,37H,3,12-13H2,1-2H3,(H,32,35)(H,33,38)(H,34,36). The van der Waals surface area contributed by atoms with Crippen molar-refractivity contribution in [1.29, 1.82) is 0 Å². The van der Waals surface area contributed by atoms with E-state index in [0.717, 1.165) is 75.2 Å². The molecule has 0 aliphatic carbocycles. The molecule has 7 rings (SSSR count). The van der Waals surface area contributed by atoms with Gasteiger partial charge in [0.2, 0.25) is 0 Å². The molecule has 4 N–H and O–H groups in total. The van der Waals surface area contributed by atoms with E-state index >= 15 is 0 Å². The number of nitrogens with zero attached hydrogens (tertiary/aromatic N) is 4. The molecule has 2 aromatic carbocycles. The van der Waals surface area contributed by atoms with Crippen LogP contribution in [0.5, 0.6) is 0 Å². The van der Waals surface area contributed by atoms with Gasteiger partial charge in [-0.25, -0.2) is 4.98 Å². The van der Waals surface area contributed by atoms with Gasteiger partial charge >= 0.3 is 0 Å². The maximum Gasteiger partial charge on any atom is 0.151 e. The molecular formula is C31H30N8. The normalized spacial score (nSPS) is 15.7. The van der Waals surface area contributed by atoms with Crippen molar-refractivity contribution in [1.82, 2.24) is 15.0 Å². The quantitative estimate of drug-likeness (QED) is 0.195. The Labute approximate surface area is 227 Å². The van der Waals surface area contributed by atoms with Gasteiger partial charge in [0.05, 0.1) is 23.1 Å². The Hall–Kier alpha value is -4.85. The average molecular weight is 515 g/mol. The number of hydrogen-bond acceptors (Lipinski definition) is 8. The Morgan fingerprint density at radius 3 is 2.46 bits per heavy atom. The lowest BCUT2D eigenvalue weighted by atomic mass is 10.1. The van der Waals surface area contributed by atoms with Crippen molar-refractivity contribution in [3.63, 3.8) is 0 Å². The Balaban J connectivity index is 1.07. The minimum absolute atomic E-state index is 0.0527. The van der Waals surface area contributed by atoms with Crippen molar-refractivity contribution >= 4 is 50.8 Å². The summed E-state index contributed by atoms with van der Waals surface area (Å²) >= 11 is 0. The van der Waals surface area contributed by atoms with Crippen LogP contribution in [0.2, 0.25) is 0 Å². The highest BCUT2D eigenvalue weighted by atomic mass is 15.2. The molecule has 0 saturated carbocycles. The van der Waals surface area contributed by atoms with Gasteiger partial charge in [-0.3, -0.25) is 9.97 Å². The summed E-state index contributed by atoms with van der Waals surface area (Å²) in [5.74, 6) is 0.843. The monoisotopic (exact) mass is 514 g/mol. The molecule has 0 radical (unpaired) electrons. The maximum absolute atomic E-state index is 4.75. The van der Waals surface area contributed by atoms with E-state index in [2.05, 4.69) is 90.7 Å². The predicted molar refractivity (Wildman–Crippen MR) is 160 cm³/mol. The van der Waals surface area contributed by atoms with E-state index in [4.69, 9.17) is 4.98 Å². The van der Waals surface area contributed by atoms with E-state index in [9.17, 15) is 0 Å². The van der Waals surface area contributed by atoms with Gasteiger partial charge in [-0.1, -0.05) is 12.1 Å². The van der Waals surface area contributed by atoms with E-state index in [1.807, 2.05) is 32.2 Å². The Morgan fingerprint density at radius 2 is 1.67 bits per heavy atom. The van der Waals surface area contributed by atoms with Crippen LogP contribution in [0.25, 0.3) is 10.9 Å². The first-order chi connectivity index (χ1) is 19.1. The van der Waals surface area contributed by atoms with Crippen LogP contribution in [0.1, 0.15) is 29.5 Å². The van der Waals surface area contributed by atoms with Crippen LogP contribution in [0, 0.1) is 13.8 Å². The molecule has 1 unspecified atom stereocenters. The van der Waals surface area contributed by atoms with Crippen LogP contribution >= 0.6 is 0 Å². The van der Waals surface area contributed by atoms with Crippen molar-refractivity contribution < 1.29 is 0 Å². The highest BCUT2D eigenvalue weighted by Gasteiger charge is 2.22. The predicted octanol–water partition coefficient (Wildman–Crippen LogP) is 6.88. The third-order valence-corrected chi connectivity index (χ3v) is 7.32. The van der Waals surface area contributed by atoms with Crippen molar-refractivity contribution in [2.75, 3.05) is 39.3 Å². The summed E-state index contributed by atoms with van der Waals surface area (Å²) in [7, 11) is 0. The lowest BCUT2D eigenvalue weighted by Gasteiger charge is -2.33. The van der Waals surface area contributed by atoms with Gasteiger partial charge in [0.15, 0.2) is 5.82 Å². The summed E-state index contributed by atoms with van der Waals surface area (Å²) in [6.07, 6.45) is 4.85. The molecule has 1 atom stereocenters. The fourth-order valence-corrected chi connectivity index (χ4v) is 5.18. The van der Waals surface area contributed by atoms with Crippen LogP contribution in [0.4, 0.5) is 39.9 Å². The Bertz CT molecular complexity index is 1680. The summed E-state index contributed by atoms with van der Waals surface area (Å²) in [5, 5.41) is 15.2. The van der Waals surface area contributed by atoms with Crippen LogP contribution < -0.4 is 26.2 Å². The first-order valence-electron chi connectivity index (χ1n) is 13.3. The zero-order valence-electron chi connectivity index (χ0n) is 22.0. The van der Waals surface area contributed by atoms with E-state index in [0.29, 0.717) is 0 Å². The Morgan fingerprint density at radius 1 is 0.795 bits per heavy atom. The first kappa shape index (κ1) is 23.3. The molecule has 39 heavy (non-hydrogen) atoms. The van der Waals surface area contributed by atoms with Crippen LogP contribution in [0.3, 0.4) is 0 Å². The van der Waals surface area contributed by atoms with Crippen molar-refractivity contribution in [3.05, 3.63) is 96.1 Å². The fraction of sp³-hybridized carbons (Fsp3) is 0.194. The molecule has 0 amide bonds. The van der Waals surface area contributed by atoms with E-state index < -0.39 is 0 Å². The second kappa shape index (κ2) is 9.47. The molecule has 1 saturated heterocycles. The molecule has 1 fully saturated rings. The van der Waals surface area contributed by atoms with Gasteiger partial charge in [-0.2, -0.15) is 0 Å². The molecule has 194 valence electrons. The molecule has 0 bridgehead atoms. The fourth-order valence-electron chi connectivity index (χ4n) is 5.18. The van der Waals surface area contributed by atoms with Crippen molar-refractivity contribution in [2.24, 2.45) is 0 Å². The summed E-state index contributed by atoms with van der Waals surface area (Å²) in [5.41, 5.74) is 10.4. The molecular weight excluding hydrogens is 484 g/mol. The summed E-state index contributed by atoms with van der Waals surface area (Å²) in [6, 6.07) is 23.2. The van der Waals surface area contributed by atoms with Gasteiger partial charge < -0.3 is 26.2 Å². The number of benzene rings is 2. The minimum Gasteiger partial charge on any atom is -0.371 e. The lowest BCUT2D eigenvalue weighted by Crippen LogP contribution is -2.36. The molecule has 0 spiro atoms. The number of pyridine rings is 3. The average Bonchev–Trinajstić information content (AvgIpc) is 3.32. The molecule has 2 aliphatic heterocycles. The van der Waals surface area contributed by atoms with E-state index in [1.54, 1.807) is 6.20 Å². The first-order valence-corrected chi connectivity index (χ1v) is 13.3. The number of hydrogen-bond donors (Lipinski definition) is 4.